The largest absolute Gasteiger partial charge is 0.486 e. The lowest BCUT2D eigenvalue weighted by atomic mass is 10.3. The lowest BCUT2D eigenvalue weighted by Gasteiger charge is -2.12. The second-order valence-electron chi connectivity index (χ2n) is 4.50. The van der Waals surface area contributed by atoms with Gasteiger partial charge in [0.15, 0.2) is 11.5 Å². The van der Waals surface area contributed by atoms with Crippen LogP contribution in [0, 0.1) is 0 Å². The Morgan fingerprint density at radius 1 is 1.47 bits per heavy atom. The normalized spacial score (nSPS) is 10.8. The van der Waals surface area contributed by atoms with Crippen LogP contribution in [0.25, 0.3) is 0 Å². The molecule has 0 unspecified atom stereocenters. The van der Waals surface area contributed by atoms with Gasteiger partial charge in [-0.25, -0.2) is 0 Å². The fourth-order valence-corrected chi connectivity index (χ4v) is 2.55. The molecule has 0 saturated carbocycles. The van der Waals surface area contributed by atoms with Crippen LogP contribution in [0.1, 0.15) is 36.9 Å². The third-order valence-corrected chi connectivity index (χ3v) is 3.63. The number of hydrogen-bond donors (Lipinski definition) is 2. The van der Waals surface area contributed by atoms with E-state index in [2.05, 4.69) is 5.32 Å². The zero-order chi connectivity index (χ0) is 14.4. The highest BCUT2D eigenvalue weighted by molar-refractivity contribution is 7.19. The first-order chi connectivity index (χ1) is 8.97. The van der Waals surface area contributed by atoms with Crippen molar-refractivity contribution in [1.29, 1.82) is 0 Å². The second kappa shape index (κ2) is 7.35. The van der Waals surface area contributed by atoms with Crippen molar-refractivity contribution in [1.82, 2.24) is 0 Å². The standard InChI is InChI=1S/C13H22N2O3S/c1-8(2)18-11-10(14)12(9(3)16)19-13(11)15-6-5-7-17-4/h8,15H,5-7,14H2,1-4H3. The van der Waals surface area contributed by atoms with E-state index in [0.29, 0.717) is 22.9 Å². The van der Waals surface area contributed by atoms with Gasteiger partial charge in [-0.05, 0) is 20.3 Å². The maximum Gasteiger partial charge on any atom is 0.177 e. The number of carbonyl (C=O) groups excluding carboxylic acids is 1. The molecule has 5 nitrogen and oxygen atoms in total. The molecular formula is C13H22N2O3S. The molecule has 0 radical (unpaired) electrons. The van der Waals surface area contributed by atoms with Crippen molar-refractivity contribution in [3.8, 4) is 5.75 Å². The highest BCUT2D eigenvalue weighted by Gasteiger charge is 2.20. The van der Waals surface area contributed by atoms with Crippen molar-refractivity contribution in [2.45, 2.75) is 33.3 Å². The van der Waals surface area contributed by atoms with E-state index >= 15 is 0 Å². The van der Waals surface area contributed by atoms with E-state index in [0.717, 1.165) is 18.0 Å². The number of nitrogens with two attached hydrogens (primary N) is 1. The molecule has 0 spiro atoms. The van der Waals surface area contributed by atoms with E-state index in [1.54, 1.807) is 7.11 Å². The molecular weight excluding hydrogens is 264 g/mol. The second-order valence-corrected chi connectivity index (χ2v) is 5.52. The van der Waals surface area contributed by atoms with Gasteiger partial charge in [0.1, 0.15) is 5.00 Å². The van der Waals surface area contributed by atoms with Gasteiger partial charge in [-0.3, -0.25) is 4.79 Å². The Kier molecular flexibility index (Phi) is 6.11. The predicted octanol–water partition coefficient (Wildman–Crippen LogP) is 2.77. The summed E-state index contributed by atoms with van der Waals surface area (Å²) in [4.78, 5) is 12.1. The van der Waals surface area contributed by atoms with Gasteiger partial charge in [-0.15, -0.1) is 11.3 Å². The zero-order valence-electron chi connectivity index (χ0n) is 11.9. The number of thiophene rings is 1. The quantitative estimate of drug-likeness (QED) is 0.568. The topological polar surface area (TPSA) is 73.6 Å². The van der Waals surface area contributed by atoms with Crippen LogP contribution in [0.4, 0.5) is 10.7 Å². The molecule has 0 aliphatic carbocycles. The number of ketones is 1. The third kappa shape index (κ3) is 4.40. The number of ether oxygens (including phenoxy) is 2. The van der Waals surface area contributed by atoms with E-state index in [1.165, 1.54) is 18.3 Å². The van der Waals surface area contributed by atoms with Gasteiger partial charge in [0, 0.05) is 27.2 Å². The lowest BCUT2D eigenvalue weighted by Crippen LogP contribution is -2.10. The first kappa shape index (κ1) is 15.8. The lowest BCUT2D eigenvalue weighted by molar-refractivity contribution is 0.102. The maximum atomic E-state index is 11.5. The molecule has 1 aromatic heterocycles. The predicted molar refractivity (Wildman–Crippen MR) is 79.5 cm³/mol. The molecule has 1 heterocycles. The summed E-state index contributed by atoms with van der Waals surface area (Å²) >= 11 is 1.34. The van der Waals surface area contributed by atoms with Crippen LogP contribution in [0.5, 0.6) is 5.75 Å². The van der Waals surface area contributed by atoms with E-state index in [-0.39, 0.29) is 11.9 Å². The number of methoxy groups -OCH3 is 1. The van der Waals surface area contributed by atoms with Crippen LogP contribution in [0.3, 0.4) is 0 Å². The fraction of sp³-hybridized carbons (Fsp3) is 0.615. The average molecular weight is 286 g/mol. The molecule has 0 atom stereocenters. The van der Waals surface area contributed by atoms with E-state index in [1.807, 2.05) is 13.8 Å². The third-order valence-electron chi connectivity index (χ3n) is 2.38. The van der Waals surface area contributed by atoms with Gasteiger partial charge in [0.2, 0.25) is 0 Å². The fourth-order valence-electron chi connectivity index (χ4n) is 1.58. The Morgan fingerprint density at radius 3 is 2.68 bits per heavy atom. The van der Waals surface area contributed by atoms with Crippen LogP contribution < -0.4 is 15.8 Å². The molecule has 0 aliphatic heterocycles. The average Bonchev–Trinajstić information content (AvgIpc) is 2.63. The molecule has 0 amide bonds. The number of carbonyl (C=O) groups is 1. The molecule has 1 aromatic rings. The number of hydrogen-bond acceptors (Lipinski definition) is 6. The summed E-state index contributed by atoms with van der Waals surface area (Å²) in [6, 6.07) is 0. The van der Waals surface area contributed by atoms with Crippen LogP contribution in [-0.2, 0) is 4.74 Å². The van der Waals surface area contributed by atoms with E-state index < -0.39 is 0 Å². The van der Waals surface area contributed by atoms with Crippen molar-refractivity contribution in [2.75, 3.05) is 31.3 Å². The maximum absolute atomic E-state index is 11.5. The monoisotopic (exact) mass is 286 g/mol. The smallest absolute Gasteiger partial charge is 0.177 e. The summed E-state index contributed by atoms with van der Waals surface area (Å²) < 4.78 is 10.7. The highest BCUT2D eigenvalue weighted by Crippen LogP contribution is 2.43. The van der Waals surface area contributed by atoms with Gasteiger partial charge in [0.25, 0.3) is 0 Å². The summed E-state index contributed by atoms with van der Waals surface area (Å²) in [5.41, 5.74) is 6.41. The van der Waals surface area contributed by atoms with Crippen molar-refractivity contribution >= 4 is 27.8 Å². The Hall–Kier alpha value is -1.27. The molecule has 0 aromatic carbocycles. The number of rotatable bonds is 8. The zero-order valence-corrected chi connectivity index (χ0v) is 12.7. The summed E-state index contributed by atoms with van der Waals surface area (Å²) in [7, 11) is 1.67. The van der Waals surface area contributed by atoms with Gasteiger partial charge in [-0.1, -0.05) is 0 Å². The summed E-state index contributed by atoms with van der Waals surface area (Å²) in [5, 5.41) is 4.06. The molecule has 6 heteroatoms. The van der Waals surface area contributed by atoms with Crippen molar-refractivity contribution in [2.24, 2.45) is 0 Å². The molecule has 1 rings (SSSR count). The number of Topliss-reactive ketones (excluding diaryl/α,β-unsaturated/α-hetero) is 1. The van der Waals surface area contributed by atoms with Crippen LogP contribution >= 0.6 is 11.3 Å². The summed E-state index contributed by atoms with van der Waals surface area (Å²) in [6.07, 6.45) is 0.890. The number of nitrogens with one attached hydrogen (secondary N) is 1. The number of nitrogen functional groups attached to an aromatic ring is 1. The van der Waals surface area contributed by atoms with Gasteiger partial charge in [0.05, 0.1) is 16.7 Å². The van der Waals surface area contributed by atoms with E-state index in [4.69, 9.17) is 15.2 Å². The Labute approximate surface area is 118 Å². The van der Waals surface area contributed by atoms with Gasteiger partial charge < -0.3 is 20.5 Å². The summed E-state index contributed by atoms with van der Waals surface area (Å²) in [5.74, 6) is 0.545. The first-order valence-electron chi connectivity index (χ1n) is 6.30. The van der Waals surface area contributed by atoms with Crippen LogP contribution in [-0.4, -0.2) is 32.1 Å². The SMILES string of the molecule is COCCCNc1sc(C(C)=O)c(N)c1OC(C)C. The minimum atomic E-state index is -0.0407. The molecule has 108 valence electrons. The minimum Gasteiger partial charge on any atom is -0.486 e. The van der Waals surface area contributed by atoms with Gasteiger partial charge in [-0.2, -0.15) is 0 Å². The Morgan fingerprint density at radius 2 is 2.16 bits per heavy atom. The molecule has 0 aliphatic rings. The van der Waals surface area contributed by atoms with E-state index in [9.17, 15) is 4.79 Å². The van der Waals surface area contributed by atoms with Crippen LogP contribution in [0.15, 0.2) is 0 Å². The Bertz CT molecular complexity index is 430. The summed E-state index contributed by atoms with van der Waals surface area (Å²) in [6.45, 7) is 6.81. The Balaban J connectivity index is 2.87. The molecule has 3 N–H and O–H groups in total. The first-order valence-corrected chi connectivity index (χ1v) is 7.11. The minimum absolute atomic E-state index is 0.0104. The van der Waals surface area contributed by atoms with Crippen molar-refractivity contribution in [3.63, 3.8) is 0 Å². The molecule has 0 bridgehead atoms. The highest BCUT2D eigenvalue weighted by atomic mass is 32.1. The van der Waals surface area contributed by atoms with Gasteiger partial charge >= 0.3 is 0 Å². The molecule has 0 saturated heterocycles. The molecule has 0 fully saturated rings. The van der Waals surface area contributed by atoms with Crippen LogP contribution in [0.2, 0.25) is 0 Å². The number of anilines is 2. The van der Waals surface area contributed by atoms with Crippen molar-refractivity contribution < 1.29 is 14.3 Å². The molecule has 19 heavy (non-hydrogen) atoms. The van der Waals surface area contributed by atoms with Crippen molar-refractivity contribution in [3.05, 3.63) is 4.88 Å².